The van der Waals surface area contributed by atoms with Crippen LogP contribution < -0.4 is 10.6 Å². The predicted molar refractivity (Wildman–Crippen MR) is 142 cm³/mol. The number of aliphatic hydroxyl groups is 1. The molecule has 0 radical (unpaired) electrons. The predicted octanol–water partition coefficient (Wildman–Crippen LogP) is 3.45. The van der Waals surface area contributed by atoms with E-state index in [1.54, 1.807) is 6.92 Å². The van der Waals surface area contributed by atoms with Crippen LogP contribution in [0.1, 0.15) is 36.6 Å². The van der Waals surface area contributed by atoms with Gasteiger partial charge in [-0.1, -0.05) is 60.2 Å². The van der Waals surface area contributed by atoms with Crippen LogP contribution in [0.5, 0.6) is 0 Å². The highest BCUT2D eigenvalue weighted by molar-refractivity contribution is 14.0. The molecule has 2 atom stereocenters. The number of ether oxygens (including phenoxy) is 1. The zero-order valence-electron chi connectivity index (χ0n) is 19.4. The molecule has 1 fully saturated rings. The molecule has 1 aliphatic rings. The quantitative estimate of drug-likeness (QED) is 0.266. The average Bonchev–Trinajstić information content (AvgIpc) is 2.80. The molecule has 32 heavy (non-hydrogen) atoms. The van der Waals surface area contributed by atoms with E-state index in [4.69, 9.17) is 4.74 Å². The van der Waals surface area contributed by atoms with Gasteiger partial charge >= 0.3 is 0 Å². The van der Waals surface area contributed by atoms with Crippen molar-refractivity contribution in [3.63, 3.8) is 0 Å². The van der Waals surface area contributed by atoms with E-state index in [0.29, 0.717) is 5.96 Å². The fraction of sp³-hybridized carbons (Fsp3) is 0.480. The molecular weight excluding hydrogens is 515 g/mol. The monoisotopic (exact) mass is 552 g/mol. The SMILES string of the molecule is CCNC(=NCC(C)(O)c1ccccc1)NCC(c1ccc(C)cc1)N1CCOCC1.I. The van der Waals surface area contributed by atoms with Crippen LogP contribution in [0.15, 0.2) is 59.6 Å². The Bertz CT molecular complexity index is 822. The lowest BCUT2D eigenvalue weighted by Crippen LogP contribution is -2.46. The number of benzene rings is 2. The van der Waals surface area contributed by atoms with Crippen molar-refractivity contribution in [1.29, 1.82) is 0 Å². The van der Waals surface area contributed by atoms with E-state index in [2.05, 4.69) is 51.7 Å². The number of halogens is 1. The third kappa shape index (κ3) is 7.72. The number of hydrogen-bond donors (Lipinski definition) is 3. The summed E-state index contributed by atoms with van der Waals surface area (Å²) in [7, 11) is 0. The van der Waals surface area contributed by atoms with Crippen LogP contribution in [-0.4, -0.2) is 61.9 Å². The van der Waals surface area contributed by atoms with Crippen LogP contribution in [0.2, 0.25) is 0 Å². The summed E-state index contributed by atoms with van der Waals surface area (Å²) in [5, 5.41) is 17.7. The van der Waals surface area contributed by atoms with Gasteiger partial charge in [-0.15, -0.1) is 24.0 Å². The molecular formula is C25H37IN4O2. The van der Waals surface area contributed by atoms with Crippen molar-refractivity contribution in [3.05, 3.63) is 71.3 Å². The number of guanidine groups is 1. The lowest BCUT2D eigenvalue weighted by atomic mass is 9.96. The van der Waals surface area contributed by atoms with Crippen molar-refractivity contribution in [1.82, 2.24) is 15.5 Å². The summed E-state index contributed by atoms with van der Waals surface area (Å²) in [6, 6.07) is 18.7. The first-order chi connectivity index (χ1) is 15.0. The van der Waals surface area contributed by atoms with Gasteiger partial charge in [0.2, 0.25) is 0 Å². The van der Waals surface area contributed by atoms with E-state index in [0.717, 1.165) is 45.0 Å². The topological polar surface area (TPSA) is 69.1 Å². The smallest absolute Gasteiger partial charge is 0.191 e. The molecule has 1 saturated heterocycles. The van der Waals surface area contributed by atoms with E-state index < -0.39 is 5.60 Å². The van der Waals surface area contributed by atoms with E-state index in [9.17, 15) is 5.11 Å². The van der Waals surface area contributed by atoms with Gasteiger partial charge in [0.15, 0.2) is 5.96 Å². The summed E-state index contributed by atoms with van der Waals surface area (Å²) in [6.45, 7) is 11.1. The first-order valence-electron chi connectivity index (χ1n) is 11.2. The Hall–Kier alpha value is -1.68. The molecule has 0 aliphatic carbocycles. The summed E-state index contributed by atoms with van der Waals surface area (Å²) in [5.41, 5.74) is 2.38. The maximum atomic E-state index is 10.9. The van der Waals surface area contributed by atoms with Crippen LogP contribution in [-0.2, 0) is 10.3 Å². The third-order valence-electron chi connectivity index (χ3n) is 5.70. The van der Waals surface area contributed by atoms with Crippen LogP contribution in [0.25, 0.3) is 0 Å². The molecule has 3 N–H and O–H groups in total. The minimum atomic E-state index is -1.02. The molecule has 0 aromatic heterocycles. The van der Waals surface area contributed by atoms with Gasteiger partial charge in [0.05, 0.1) is 25.8 Å². The fourth-order valence-corrected chi connectivity index (χ4v) is 3.79. The number of nitrogens with one attached hydrogen (secondary N) is 2. The zero-order valence-corrected chi connectivity index (χ0v) is 21.7. The van der Waals surface area contributed by atoms with Gasteiger partial charge in [0.1, 0.15) is 5.60 Å². The van der Waals surface area contributed by atoms with Crippen molar-refractivity contribution < 1.29 is 9.84 Å². The van der Waals surface area contributed by atoms with Gasteiger partial charge in [0, 0.05) is 26.2 Å². The van der Waals surface area contributed by atoms with E-state index in [1.807, 2.05) is 37.3 Å². The molecule has 0 amide bonds. The number of rotatable bonds is 8. The van der Waals surface area contributed by atoms with E-state index in [1.165, 1.54) is 11.1 Å². The van der Waals surface area contributed by atoms with E-state index >= 15 is 0 Å². The molecule has 176 valence electrons. The van der Waals surface area contributed by atoms with Crippen molar-refractivity contribution in [2.75, 3.05) is 45.9 Å². The molecule has 0 spiro atoms. The fourth-order valence-electron chi connectivity index (χ4n) is 3.79. The van der Waals surface area contributed by atoms with Crippen LogP contribution in [0.4, 0.5) is 0 Å². The van der Waals surface area contributed by atoms with Crippen LogP contribution in [0.3, 0.4) is 0 Å². The number of morpholine rings is 1. The lowest BCUT2D eigenvalue weighted by Gasteiger charge is -2.35. The summed E-state index contributed by atoms with van der Waals surface area (Å²) >= 11 is 0. The summed E-state index contributed by atoms with van der Waals surface area (Å²) in [5.74, 6) is 0.712. The van der Waals surface area contributed by atoms with Gasteiger partial charge in [-0.05, 0) is 31.9 Å². The van der Waals surface area contributed by atoms with Crippen molar-refractivity contribution in [2.24, 2.45) is 4.99 Å². The molecule has 2 unspecified atom stereocenters. The van der Waals surface area contributed by atoms with Gasteiger partial charge in [-0.25, -0.2) is 4.99 Å². The molecule has 2 aromatic rings. The number of hydrogen-bond acceptors (Lipinski definition) is 4. The first-order valence-corrected chi connectivity index (χ1v) is 11.2. The normalized spacial score (nSPS) is 17.7. The standard InChI is InChI=1S/C25H36N4O2.HI/c1-4-26-24(28-19-25(3,30)22-8-6-5-7-9-22)27-18-23(29-14-16-31-17-15-29)21-12-10-20(2)11-13-21;/h5-13,23,30H,4,14-19H2,1-3H3,(H2,26,27,28);1H. The van der Waals surface area contributed by atoms with Gasteiger partial charge in [0.25, 0.3) is 0 Å². The molecule has 3 rings (SSSR count). The Morgan fingerprint density at radius 3 is 2.38 bits per heavy atom. The Morgan fingerprint density at radius 1 is 1.09 bits per heavy atom. The Kier molecular flexibility index (Phi) is 10.9. The maximum Gasteiger partial charge on any atom is 0.191 e. The largest absolute Gasteiger partial charge is 0.384 e. The highest BCUT2D eigenvalue weighted by Gasteiger charge is 2.24. The summed E-state index contributed by atoms with van der Waals surface area (Å²) in [4.78, 5) is 7.15. The zero-order chi connectivity index (χ0) is 22.1. The molecule has 2 aromatic carbocycles. The third-order valence-corrected chi connectivity index (χ3v) is 5.70. The number of aliphatic imine (C=N–C) groups is 1. The molecule has 1 heterocycles. The highest BCUT2D eigenvalue weighted by atomic mass is 127. The number of nitrogens with zero attached hydrogens (tertiary/aromatic N) is 2. The minimum Gasteiger partial charge on any atom is -0.384 e. The van der Waals surface area contributed by atoms with Crippen LogP contribution >= 0.6 is 24.0 Å². The second-order valence-electron chi connectivity index (χ2n) is 8.29. The lowest BCUT2D eigenvalue weighted by molar-refractivity contribution is 0.0169. The second kappa shape index (κ2) is 13.1. The van der Waals surface area contributed by atoms with Gasteiger partial charge in [-0.3, -0.25) is 4.90 Å². The molecule has 7 heteroatoms. The Labute approximate surface area is 209 Å². The Morgan fingerprint density at radius 2 is 1.75 bits per heavy atom. The van der Waals surface area contributed by atoms with Crippen molar-refractivity contribution in [2.45, 2.75) is 32.4 Å². The Balaban J connectivity index is 0.00000363. The summed E-state index contributed by atoms with van der Waals surface area (Å²) < 4.78 is 5.56. The van der Waals surface area contributed by atoms with E-state index in [-0.39, 0.29) is 36.6 Å². The minimum absolute atomic E-state index is 0. The number of aryl methyl sites for hydroxylation is 1. The molecule has 0 saturated carbocycles. The van der Waals surface area contributed by atoms with Crippen molar-refractivity contribution >= 4 is 29.9 Å². The first kappa shape index (κ1) is 26.6. The van der Waals surface area contributed by atoms with Gasteiger partial charge < -0.3 is 20.5 Å². The molecule has 0 bridgehead atoms. The second-order valence-corrected chi connectivity index (χ2v) is 8.29. The average molecular weight is 553 g/mol. The van der Waals surface area contributed by atoms with Crippen LogP contribution in [0, 0.1) is 6.92 Å². The molecule has 6 nitrogen and oxygen atoms in total. The summed E-state index contributed by atoms with van der Waals surface area (Å²) in [6.07, 6.45) is 0. The van der Waals surface area contributed by atoms with Crippen molar-refractivity contribution in [3.8, 4) is 0 Å². The molecule has 1 aliphatic heterocycles. The maximum absolute atomic E-state index is 10.9. The van der Waals surface area contributed by atoms with Gasteiger partial charge in [-0.2, -0.15) is 0 Å². The highest BCUT2D eigenvalue weighted by Crippen LogP contribution is 2.22.